The van der Waals surface area contributed by atoms with Gasteiger partial charge in [0.15, 0.2) is 16.4 Å². The van der Waals surface area contributed by atoms with Crippen LogP contribution in [0.5, 0.6) is 5.75 Å². The number of carbonyl (C=O) groups excluding carboxylic acids is 2. The van der Waals surface area contributed by atoms with Crippen molar-refractivity contribution in [1.29, 1.82) is 0 Å². The molecular formula is C28H25F6N3O5S. The van der Waals surface area contributed by atoms with E-state index in [4.69, 9.17) is 9.73 Å². The van der Waals surface area contributed by atoms with Gasteiger partial charge in [-0.15, -0.1) is 0 Å². The lowest BCUT2D eigenvalue weighted by molar-refractivity contribution is -0.153. The van der Waals surface area contributed by atoms with E-state index in [2.05, 4.69) is 10.6 Å². The number of hydrogen-bond donors (Lipinski definition) is 2. The van der Waals surface area contributed by atoms with Gasteiger partial charge in [-0.3, -0.25) is 14.6 Å². The summed E-state index contributed by atoms with van der Waals surface area (Å²) in [5.41, 5.74) is -1.84. The molecule has 2 amide bonds. The maximum absolute atomic E-state index is 13.8. The third kappa shape index (κ3) is 6.12. The van der Waals surface area contributed by atoms with Crippen LogP contribution in [0.25, 0.3) is 0 Å². The van der Waals surface area contributed by atoms with Gasteiger partial charge in [-0.1, -0.05) is 18.2 Å². The molecule has 0 radical (unpaired) electrons. The van der Waals surface area contributed by atoms with Crippen molar-refractivity contribution in [3.8, 4) is 5.75 Å². The Bertz CT molecular complexity index is 1680. The average Bonchev–Trinajstić information content (AvgIpc) is 3.35. The highest BCUT2D eigenvalue weighted by Gasteiger charge is 2.56. The summed E-state index contributed by atoms with van der Waals surface area (Å²) in [4.78, 5) is 31.2. The number of alkyl halides is 6. The summed E-state index contributed by atoms with van der Waals surface area (Å²) >= 11 is 0. The Labute approximate surface area is 242 Å². The summed E-state index contributed by atoms with van der Waals surface area (Å²) in [7, 11) is -3.77. The highest BCUT2D eigenvalue weighted by Crippen LogP contribution is 2.51. The Morgan fingerprint density at radius 3 is 2.37 bits per heavy atom. The molecule has 8 nitrogen and oxygen atoms in total. The van der Waals surface area contributed by atoms with Crippen LogP contribution in [0, 0.1) is 0 Å². The van der Waals surface area contributed by atoms with E-state index in [9.17, 15) is 44.3 Å². The number of carbonyl (C=O) groups is 2. The summed E-state index contributed by atoms with van der Waals surface area (Å²) < 4.78 is 106. The number of allylic oxidation sites excluding steroid dienone is 1. The van der Waals surface area contributed by atoms with E-state index in [1.54, 1.807) is 13.0 Å². The predicted octanol–water partition coefficient (Wildman–Crippen LogP) is 3.98. The summed E-state index contributed by atoms with van der Waals surface area (Å²) in [6.45, 7) is 0.163. The van der Waals surface area contributed by atoms with Gasteiger partial charge in [0.2, 0.25) is 5.91 Å². The van der Waals surface area contributed by atoms with Crippen LogP contribution < -0.4 is 15.4 Å². The zero-order valence-corrected chi connectivity index (χ0v) is 23.6. The molecule has 1 aliphatic carbocycles. The van der Waals surface area contributed by atoms with Crippen molar-refractivity contribution in [2.75, 3.05) is 18.6 Å². The molecule has 2 heterocycles. The maximum Gasteiger partial charge on any atom is 0.422 e. The van der Waals surface area contributed by atoms with Crippen LogP contribution in [0.4, 0.5) is 26.3 Å². The van der Waals surface area contributed by atoms with Crippen molar-refractivity contribution in [2.24, 2.45) is 4.99 Å². The summed E-state index contributed by atoms with van der Waals surface area (Å²) in [6, 6.07) is 8.39. The number of halogens is 6. The van der Waals surface area contributed by atoms with Gasteiger partial charge in [-0.05, 0) is 55.2 Å². The first-order valence-corrected chi connectivity index (χ1v) is 15.0. The fourth-order valence-corrected chi connectivity index (χ4v) is 6.55. The molecule has 2 aromatic carbocycles. The molecule has 230 valence electrons. The minimum absolute atomic E-state index is 0.00783. The molecule has 0 bridgehead atoms. The minimum atomic E-state index is -4.61. The average molecular weight is 630 g/mol. The molecule has 3 aliphatic rings. The molecule has 1 spiro atoms. The third-order valence-electron chi connectivity index (χ3n) is 7.57. The van der Waals surface area contributed by atoms with Crippen molar-refractivity contribution in [2.45, 2.75) is 49.6 Å². The highest BCUT2D eigenvalue weighted by molar-refractivity contribution is 7.91. The number of nitrogens with zero attached hydrogens (tertiary/aromatic N) is 1. The van der Waals surface area contributed by atoms with Gasteiger partial charge >= 0.3 is 12.4 Å². The smallest absolute Gasteiger partial charge is 0.422 e. The lowest BCUT2D eigenvalue weighted by Gasteiger charge is -2.43. The second kappa shape index (κ2) is 10.1. The van der Waals surface area contributed by atoms with E-state index < -0.39 is 63.0 Å². The zero-order chi connectivity index (χ0) is 31.6. The number of ether oxygens (including phenoxy) is 1. The highest BCUT2D eigenvalue weighted by atomic mass is 32.2. The van der Waals surface area contributed by atoms with Crippen LogP contribution in [-0.2, 0) is 37.6 Å². The number of piperidine rings is 1. The molecule has 2 N–H and O–H groups in total. The number of nitrogens with one attached hydrogen (secondary N) is 2. The third-order valence-corrected chi connectivity index (χ3v) is 8.36. The molecule has 0 unspecified atom stereocenters. The molecule has 0 aromatic heterocycles. The standard InChI is InChI=1S/C28H25F6N3O5S/c1-25-13-26(10-9-16-11-18(7-8-19(16)26)42-14-27(29,30)31)37-24(39)21(25)23(35-20(38)12-43(2,40)41)22(36-25)15-3-5-17(6-4-15)28(32,33)34/h3-8,11H,9-10,12-14H2,1-2H3,(H,35,38)(H,37,39)/t25-,26-/m0/s1. The number of aliphatic imine (C=N–C) groups is 1. The predicted molar refractivity (Wildman–Crippen MR) is 142 cm³/mol. The van der Waals surface area contributed by atoms with Crippen LogP contribution in [0.2, 0.25) is 0 Å². The Morgan fingerprint density at radius 2 is 1.77 bits per heavy atom. The molecule has 15 heteroatoms. The van der Waals surface area contributed by atoms with Crippen molar-refractivity contribution in [3.05, 3.63) is 76.0 Å². The van der Waals surface area contributed by atoms with Crippen LogP contribution in [0.3, 0.4) is 0 Å². The lowest BCUT2D eigenvalue weighted by atomic mass is 9.72. The summed E-state index contributed by atoms with van der Waals surface area (Å²) in [5.74, 6) is -2.49. The normalized spacial score (nSPS) is 23.5. The van der Waals surface area contributed by atoms with Crippen molar-refractivity contribution in [3.63, 3.8) is 0 Å². The van der Waals surface area contributed by atoms with Gasteiger partial charge in [0.05, 0.1) is 33.6 Å². The van der Waals surface area contributed by atoms with Crippen molar-refractivity contribution < 1.29 is 49.1 Å². The molecule has 43 heavy (non-hydrogen) atoms. The number of rotatable bonds is 6. The van der Waals surface area contributed by atoms with Gasteiger partial charge in [0, 0.05) is 18.2 Å². The number of amides is 2. The molecule has 0 saturated carbocycles. The molecule has 2 aliphatic heterocycles. The first-order valence-electron chi connectivity index (χ1n) is 12.9. The second-order valence-electron chi connectivity index (χ2n) is 11.1. The van der Waals surface area contributed by atoms with E-state index in [0.29, 0.717) is 24.0 Å². The number of fused-ring (bicyclic) bond motifs is 3. The molecule has 1 saturated heterocycles. The van der Waals surface area contributed by atoms with E-state index in [-0.39, 0.29) is 34.7 Å². The van der Waals surface area contributed by atoms with E-state index >= 15 is 0 Å². The summed E-state index contributed by atoms with van der Waals surface area (Å²) in [5, 5.41) is 5.42. The Hall–Kier alpha value is -3.88. The van der Waals surface area contributed by atoms with E-state index in [1.165, 1.54) is 12.1 Å². The van der Waals surface area contributed by atoms with Gasteiger partial charge in [0.1, 0.15) is 11.5 Å². The number of benzene rings is 2. The fraction of sp³-hybridized carbons (Fsp3) is 0.393. The first-order chi connectivity index (χ1) is 19.8. The largest absolute Gasteiger partial charge is 0.484 e. The minimum Gasteiger partial charge on any atom is -0.484 e. The molecule has 1 fully saturated rings. The van der Waals surface area contributed by atoms with E-state index in [1.807, 2.05) is 0 Å². The monoisotopic (exact) mass is 629 g/mol. The summed E-state index contributed by atoms with van der Waals surface area (Å²) in [6.07, 6.45) is -7.36. The quantitative estimate of drug-likeness (QED) is 0.470. The first kappa shape index (κ1) is 30.6. The number of aryl methyl sites for hydroxylation is 1. The topological polar surface area (TPSA) is 114 Å². The van der Waals surface area contributed by atoms with Crippen LogP contribution in [0.1, 0.15) is 42.0 Å². The lowest BCUT2D eigenvalue weighted by Crippen LogP contribution is -2.57. The molecule has 5 rings (SSSR count). The Morgan fingerprint density at radius 1 is 1.09 bits per heavy atom. The second-order valence-corrected chi connectivity index (χ2v) is 13.3. The Kier molecular flexibility index (Phi) is 7.18. The molecule has 2 atom stereocenters. The SMILES string of the molecule is C[C@]12C[C@]3(CCc4cc(OCC(F)(F)F)ccc43)NC(=O)C1=C(NC(=O)CS(C)(=O)=O)C(c1ccc(C(F)(F)F)cc1)=N2. The fourth-order valence-electron chi connectivity index (χ4n) is 6.00. The van der Waals surface area contributed by atoms with E-state index in [0.717, 1.165) is 30.5 Å². The van der Waals surface area contributed by atoms with Crippen LogP contribution in [0.15, 0.2) is 58.7 Å². The Balaban J connectivity index is 1.54. The maximum atomic E-state index is 13.8. The van der Waals surface area contributed by atoms with Gasteiger partial charge < -0.3 is 15.4 Å². The number of sulfone groups is 1. The van der Waals surface area contributed by atoms with Crippen molar-refractivity contribution >= 4 is 27.4 Å². The molecular weight excluding hydrogens is 604 g/mol. The molecule has 2 aromatic rings. The van der Waals surface area contributed by atoms with Gasteiger partial charge in [-0.25, -0.2) is 8.42 Å². The van der Waals surface area contributed by atoms with Crippen LogP contribution >= 0.6 is 0 Å². The zero-order valence-electron chi connectivity index (χ0n) is 22.7. The number of hydrogen-bond acceptors (Lipinski definition) is 6. The van der Waals surface area contributed by atoms with Crippen LogP contribution in [-0.4, -0.2) is 56.3 Å². The van der Waals surface area contributed by atoms with Gasteiger partial charge in [-0.2, -0.15) is 26.3 Å². The van der Waals surface area contributed by atoms with Crippen molar-refractivity contribution in [1.82, 2.24) is 10.6 Å². The van der Waals surface area contributed by atoms with Gasteiger partial charge in [0.25, 0.3) is 5.91 Å².